The van der Waals surface area contributed by atoms with E-state index in [1.165, 1.54) is 31.7 Å². The van der Waals surface area contributed by atoms with Crippen LogP contribution in [-0.2, 0) is 46.3 Å². The lowest BCUT2D eigenvalue weighted by Gasteiger charge is -2.21. The summed E-state index contributed by atoms with van der Waals surface area (Å²) < 4.78 is 56.7. The van der Waals surface area contributed by atoms with Crippen LogP contribution in [0.1, 0.15) is 161 Å². The van der Waals surface area contributed by atoms with E-state index in [2.05, 4.69) is 96.1 Å². The molecule has 1 aliphatic heterocycles. The first-order valence-electron chi connectivity index (χ1n) is 24.9. The van der Waals surface area contributed by atoms with Crippen molar-refractivity contribution in [3.05, 3.63) is 95.7 Å². The second-order valence-corrected chi connectivity index (χ2v) is 20.0. The molecule has 18 nitrogen and oxygen atoms in total. The third-order valence-electron chi connectivity index (χ3n) is 10.8. The number of allylic oxidation sites excluding steroid dienone is 12. The largest absolute Gasteiger partial charge is 0.481 e. The van der Waals surface area contributed by atoms with E-state index < -0.39 is 83.7 Å². The van der Waals surface area contributed by atoms with E-state index in [0.29, 0.717) is 12.8 Å². The number of nitrogens with two attached hydrogens (primary N) is 1. The molecular formula is C50H81N3O15P2. The van der Waals surface area contributed by atoms with Crippen LogP contribution in [0.15, 0.2) is 90.0 Å². The van der Waals surface area contributed by atoms with Gasteiger partial charge in [-0.3, -0.25) is 23.2 Å². The van der Waals surface area contributed by atoms with E-state index in [9.17, 15) is 43.5 Å². The van der Waals surface area contributed by atoms with Gasteiger partial charge in [-0.1, -0.05) is 132 Å². The first-order chi connectivity index (χ1) is 33.7. The molecule has 1 aliphatic rings. The topological polar surface area (TPSA) is 265 Å². The lowest BCUT2D eigenvalue weighted by molar-refractivity contribution is -0.161. The minimum absolute atomic E-state index is 0.0289. The number of phosphoric ester groups is 2. The molecule has 1 aromatic rings. The summed E-state index contributed by atoms with van der Waals surface area (Å²) >= 11 is 0. The molecule has 6 N–H and O–H groups in total. The van der Waals surface area contributed by atoms with Crippen molar-refractivity contribution in [2.75, 3.05) is 25.6 Å². The zero-order valence-electron chi connectivity index (χ0n) is 41.3. The number of ether oxygens (including phenoxy) is 3. The normalized spacial score (nSPS) is 19.9. The highest BCUT2D eigenvalue weighted by Crippen LogP contribution is 2.60. The first kappa shape index (κ1) is 62.3. The standard InChI is InChI=1S/C50H81N3O15P2/c1-3-5-7-9-11-13-15-17-18-19-20-21-22-24-25-27-29-31-33-35-45(54)63-39-42(66-46(55)36-34-32-30-28-26-23-16-14-12-10-8-6-4-2)40-64-69(59,60)68-70(61,62)65-41-43-47(56)48(57)49(67-43)53-38-37-44(51)52-50(53)58/h5,7,11,13-14,16-18,20-21,24-25,37-38,42-43,47-49,56-57H,3-4,6,8-10,12,15,19,22-23,26-36,39-41H2,1-2H3,(H,59,60)(H,61,62)(H2,51,52,58)/b7-5-,13-11-,16-14-,18-17-,21-20-,25-24-/t42-,43-,47+,48?,49-/m1/s1. The third kappa shape index (κ3) is 30.2. The Morgan fingerprint density at radius 3 is 1.79 bits per heavy atom. The van der Waals surface area contributed by atoms with Crippen molar-refractivity contribution < 1.29 is 66.3 Å². The number of nitrogens with zero attached hydrogens (tertiary/aromatic N) is 2. The Balaban J connectivity index is 1.82. The molecule has 0 aromatic carbocycles. The van der Waals surface area contributed by atoms with E-state index in [4.69, 9.17) is 29.0 Å². The predicted molar refractivity (Wildman–Crippen MR) is 270 cm³/mol. The van der Waals surface area contributed by atoms with Crippen LogP contribution in [-0.4, -0.2) is 85.7 Å². The highest BCUT2D eigenvalue weighted by atomic mass is 31.3. The molecule has 3 unspecified atom stereocenters. The van der Waals surface area contributed by atoms with Crippen LogP contribution in [0.5, 0.6) is 0 Å². The van der Waals surface area contributed by atoms with Crippen LogP contribution in [0.3, 0.4) is 0 Å². The summed E-state index contributed by atoms with van der Waals surface area (Å²) in [6.07, 6.45) is 38.4. The summed E-state index contributed by atoms with van der Waals surface area (Å²) in [5.74, 6) is -1.35. The van der Waals surface area contributed by atoms with E-state index in [1.807, 2.05) is 0 Å². The molecule has 396 valence electrons. The SMILES string of the molecule is CC/C=C\C/C=C\C/C=C\C/C=C\C/C=C\CCCCCC(=O)OC[C@H](COP(=O)(O)OP(=O)(O)OC[C@H]1O[C@@H](n2ccc(N)nc2=O)C(O)[C@H]1O)OC(=O)CCCCCCC/C=C\CCCCCC. The molecule has 2 rings (SSSR count). The van der Waals surface area contributed by atoms with Gasteiger partial charge in [-0.15, -0.1) is 0 Å². The number of aliphatic hydroxyl groups excluding tert-OH is 2. The summed E-state index contributed by atoms with van der Waals surface area (Å²) in [5, 5.41) is 20.9. The van der Waals surface area contributed by atoms with E-state index in [1.54, 1.807) is 0 Å². The fourth-order valence-electron chi connectivity index (χ4n) is 6.92. The van der Waals surface area contributed by atoms with Crippen molar-refractivity contribution in [1.29, 1.82) is 0 Å². The Bertz CT molecular complexity index is 1950. The fraction of sp³-hybridized carbons (Fsp3) is 0.640. The molecule has 70 heavy (non-hydrogen) atoms. The maximum absolute atomic E-state index is 12.8. The quantitative estimate of drug-likeness (QED) is 0.0177. The van der Waals surface area contributed by atoms with Crippen molar-refractivity contribution in [2.45, 2.75) is 186 Å². The number of nitrogen functional groups attached to an aromatic ring is 1. The Hall–Kier alpha value is -3.80. The molecule has 0 aliphatic carbocycles. The van der Waals surface area contributed by atoms with Gasteiger partial charge in [0.25, 0.3) is 0 Å². The molecule has 1 fully saturated rings. The van der Waals surface area contributed by atoms with Gasteiger partial charge >= 0.3 is 33.3 Å². The van der Waals surface area contributed by atoms with Crippen molar-refractivity contribution >= 4 is 33.4 Å². The summed E-state index contributed by atoms with van der Waals surface area (Å²) in [6.45, 7) is 1.97. The number of hydrogen-bond acceptors (Lipinski definition) is 15. The van der Waals surface area contributed by atoms with Gasteiger partial charge < -0.3 is 39.9 Å². The van der Waals surface area contributed by atoms with Crippen LogP contribution in [0.25, 0.3) is 0 Å². The molecule has 7 atom stereocenters. The van der Waals surface area contributed by atoms with Gasteiger partial charge in [-0.25, -0.2) is 13.9 Å². The number of carbonyl (C=O) groups is 2. The van der Waals surface area contributed by atoms with Crippen molar-refractivity contribution in [3.63, 3.8) is 0 Å². The number of aliphatic hydroxyl groups is 2. The Morgan fingerprint density at radius 1 is 0.700 bits per heavy atom. The summed E-state index contributed by atoms with van der Waals surface area (Å²) in [5.41, 5.74) is 4.58. The number of aromatic nitrogens is 2. The van der Waals surface area contributed by atoms with Crippen molar-refractivity contribution in [1.82, 2.24) is 9.55 Å². The minimum Gasteiger partial charge on any atom is -0.462 e. The molecule has 0 saturated carbocycles. The smallest absolute Gasteiger partial charge is 0.462 e. The molecular weight excluding hydrogens is 945 g/mol. The number of hydrogen-bond donors (Lipinski definition) is 5. The molecule has 0 spiro atoms. The van der Waals surface area contributed by atoms with E-state index in [0.717, 1.165) is 101 Å². The van der Waals surface area contributed by atoms with Crippen LogP contribution < -0.4 is 11.4 Å². The van der Waals surface area contributed by atoms with E-state index >= 15 is 0 Å². The van der Waals surface area contributed by atoms with Crippen molar-refractivity contribution in [2.24, 2.45) is 0 Å². The average Bonchev–Trinajstić information content (AvgIpc) is 3.59. The van der Waals surface area contributed by atoms with Gasteiger partial charge in [-0.05, 0) is 89.5 Å². The molecule has 0 radical (unpaired) electrons. The van der Waals surface area contributed by atoms with Crippen LogP contribution in [0, 0.1) is 0 Å². The maximum Gasteiger partial charge on any atom is 0.481 e. The van der Waals surface area contributed by atoms with Gasteiger partial charge in [-0.2, -0.15) is 9.29 Å². The van der Waals surface area contributed by atoms with Gasteiger partial charge in [0.2, 0.25) is 0 Å². The molecule has 1 aromatic heterocycles. The second-order valence-electron chi connectivity index (χ2n) is 16.9. The molecule has 0 amide bonds. The lowest BCUT2D eigenvalue weighted by atomic mass is 10.1. The molecule has 20 heteroatoms. The lowest BCUT2D eigenvalue weighted by Crippen LogP contribution is -2.36. The van der Waals surface area contributed by atoms with Crippen LogP contribution >= 0.6 is 15.6 Å². The number of carbonyl (C=O) groups excluding carboxylic acids is 2. The molecule has 2 heterocycles. The van der Waals surface area contributed by atoms with Gasteiger partial charge in [0.05, 0.1) is 13.2 Å². The summed E-state index contributed by atoms with van der Waals surface area (Å²) in [7, 11) is -10.9. The molecule has 1 saturated heterocycles. The predicted octanol–water partition coefficient (Wildman–Crippen LogP) is 10.1. The zero-order chi connectivity index (χ0) is 51.3. The van der Waals surface area contributed by atoms with Crippen LogP contribution in [0.2, 0.25) is 0 Å². The highest BCUT2D eigenvalue weighted by Gasteiger charge is 2.46. The Morgan fingerprint density at radius 2 is 1.20 bits per heavy atom. The summed E-state index contributed by atoms with van der Waals surface area (Å²) in [6, 6.07) is 1.24. The minimum atomic E-state index is -5.43. The van der Waals surface area contributed by atoms with E-state index in [-0.39, 0.29) is 18.7 Å². The number of rotatable bonds is 40. The maximum atomic E-state index is 12.8. The monoisotopic (exact) mass is 1030 g/mol. The Labute approximate surface area is 415 Å². The number of phosphoric acid groups is 2. The summed E-state index contributed by atoms with van der Waals surface area (Å²) in [4.78, 5) is 61.8. The first-order valence-corrected chi connectivity index (χ1v) is 27.9. The third-order valence-corrected chi connectivity index (χ3v) is 13.4. The van der Waals surface area contributed by atoms with Crippen molar-refractivity contribution in [3.8, 4) is 0 Å². The van der Waals surface area contributed by atoms with Gasteiger partial charge in [0, 0.05) is 19.0 Å². The van der Waals surface area contributed by atoms with Gasteiger partial charge in [0.15, 0.2) is 12.3 Å². The number of unbranched alkanes of at least 4 members (excludes halogenated alkanes) is 12. The van der Waals surface area contributed by atoms with Gasteiger partial charge in [0.1, 0.15) is 30.7 Å². The highest BCUT2D eigenvalue weighted by molar-refractivity contribution is 7.61. The Kier molecular flexibility index (Phi) is 33.7. The second kappa shape index (κ2) is 37.9. The number of esters is 2. The molecule has 0 bridgehead atoms. The average molecular weight is 1030 g/mol. The fourth-order valence-corrected chi connectivity index (χ4v) is 9.03. The number of anilines is 1. The zero-order valence-corrected chi connectivity index (χ0v) is 43.1. The van der Waals surface area contributed by atoms with Crippen LogP contribution in [0.4, 0.5) is 5.82 Å².